The Balaban J connectivity index is 1.52. The third-order valence-electron chi connectivity index (χ3n) is 4.11. The first-order valence-electron chi connectivity index (χ1n) is 8.27. The summed E-state index contributed by atoms with van der Waals surface area (Å²) in [6.45, 7) is 2.85. The van der Waals surface area contributed by atoms with Crippen molar-refractivity contribution in [2.75, 3.05) is 11.9 Å². The summed E-state index contributed by atoms with van der Waals surface area (Å²) < 4.78 is 0. The molecule has 0 unspecified atom stereocenters. The number of carbonyl (C=O) groups excluding carboxylic acids is 1. The Bertz CT molecular complexity index is 453. The van der Waals surface area contributed by atoms with Crippen molar-refractivity contribution in [2.24, 2.45) is 0 Å². The minimum absolute atomic E-state index is 0.134. The fraction of sp³-hybridized carbons (Fsp3) is 0.647. The molecule has 5 heteroatoms. The second kappa shape index (κ2) is 8.73. The molecule has 0 radical (unpaired) electrons. The summed E-state index contributed by atoms with van der Waals surface area (Å²) in [5, 5.41) is 15.8. The van der Waals surface area contributed by atoms with Crippen LogP contribution in [0.5, 0.6) is 0 Å². The fourth-order valence-electron chi connectivity index (χ4n) is 2.72. The molecule has 0 bridgehead atoms. The highest BCUT2D eigenvalue weighted by atomic mass is 16.3. The van der Waals surface area contributed by atoms with Gasteiger partial charge in [-0.1, -0.05) is 6.07 Å². The van der Waals surface area contributed by atoms with Gasteiger partial charge >= 0.3 is 0 Å². The van der Waals surface area contributed by atoms with E-state index in [1.165, 1.54) is 0 Å². The maximum Gasteiger partial charge on any atom is 0.220 e. The smallest absolute Gasteiger partial charge is 0.220 e. The molecule has 0 atom stereocenters. The van der Waals surface area contributed by atoms with Gasteiger partial charge in [-0.05, 0) is 57.1 Å². The zero-order chi connectivity index (χ0) is 15.8. The molecule has 0 aliphatic heterocycles. The summed E-state index contributed by atoms with van der Waals surface area (Å²) in [7, 11) is 0. The minimum Gasteiger partial charge on any atom is -0.393 e. The van der Waals surface area contributed by atoms with E-state index in [1.54, 1.807) is 0 Å². The predicted octanol–water partition coefficient (Wildman–Crippen LogP) is 2.39. The van der Waals surface area contributed by atoms with Crippen LogP contribution in [0.2, 0.25) is 0 Å². The predicted molar refractivity (Wildman–Crippen MR) is 87.7 cm³/mol. The fourth-order valence-corrected chi connectivity index (χ4v) is 2.72. The summed E-state index contributed by atoms with van der Waals surface area (Å²) in [6.07, 6.45) is 7.47. The van der Waals surface area contributed by atoms with Crippen molar-refractivity contribution in [1.82, 2.24) is 10.3 Å². The third-order valence-corrected chi connectivity index (χ3v) is 4.11. The first-order valence-corrected chi connectivity index (χ1v) is 8.27. The van der Waals surface area contributed by atoms with Crippen LogP contribution >= 0.6 is 0 Å². The number of hydrogen-bond acceptors (Lipinski definition) is 4. The molecule has 1 heterocycles. The highest BCUT2D eigenvalue weighted by Crippen LogP contribution is 2.18. The van der Waals surface area contributed by atoms with Gasteiger partial charge in [0.05, 0.1) is 6.10 Å². The van der Waals surface area contributed by atoms with Crippen LogP contribution in [-0.4, -0.2) is 34.7 Å². The van der Waals surface area contributed by atoms with Gasteiger partial charge in [0, 0.05) is 25.2 Å². The van der Waals surface area contributed by atoms with Crippen LogP contribution in [0.3, 0.4) is 0 Å². The summed E-state index contributed by atoms with van der Waals surface area (Å²) in [5.41, 5.74) is 1.15. The van der Waals surface area contributed by atoms with Crippen LogP contribution in [0.1, 0.15) is 50.5 Å². The van der Waals surface area contributed by atoms with E-state index in [4.69, 9.17) is 0 Å². The van der Waals surface area contributed by atoms with E-state index < -0.39 is 0 Å². The van der Waals surface area contributed by atoms with E-state index >= 15 is 0 Å². The second-order valence-electron chi connectivity index (χ2n) is 6.18. The number of nitrogens with zero attached hydrogens (tertiary/aromatic N) is 1. The third kappa shape index (κ3) is 6.02. The Morgan fingerprint density at radius 3 is 2.73 bits per heavy atom. The van der Waals surface area contributed by atoms with E-state index in [-0.39, 0.29) is 18.1 Å². The standard InChI is InChI=1S/C17H27N3O2/c1-13-5-10-16(19-12-13)18-11-3-2-4-17(22)20-14-6-8-15(21)9-7-14/h5,10,12,14-15,21H,2-4,6-9,11H2,1H3,(H,18,19)(H,20,22). The highest BCUT2D eigenvalue weighted by molar-refractivity contribution is 5.76. The highest BCUT2D eigenvalue weighted by Gasteiger charge is 2.20. The quantitative estimate of drug-likeness (QED) is 0.676. The van der Waals surface area contributed by atoms with Gasteiger partial charge in [-0.25, -0.2) is 4.98 Å². The van der Waals surface area contributed by atoms with E-state index in [0.29, 0.717) is 6.42 Å². The van der Waals surface area contributed by atoms with Crippen LogP contribution in [0.4, 0.5) is 5.82 Å². The lowest BCUT2D eigenvalue weighted by molar-refractivity contribution is -0.122. The first kappa shape index (κ1) is 16.7. The Morgan fingerprint density at radius 2 is 2.05 bits per heavy atom. The number of amides is 1. The van der Waals surface area contributed by atoms with Gasteiger partial charge < -0.3 is 15.7 Å². The molecular formula is C17H27N3O2. The molecule has 1 fully saturated rings. The van der Waals surface area contributed by atoms with Crippen LogP contribution in [0.15, 0.2) is 18.3 Å². The largest absolute Gasteiger partial charge is 0.393 e. The molecule has 5 nitrogen and oxygen atoms in total. The zero-order valence-electron chi connectivity index (χ0n) is 13.3. The van der Waals surface area contributed by atoms with Crippen molar-refractivity contribution >= 4 is 11.7 Å². The van der Waals surface area contributed by atoms with E-state index in [1.807, 2.05) is 25.3 Å². The lowest BCUT2D eigenvalue weighted by atomic mass is 9.93. The number of hydrogen-bond donors (Lipinski definition) is 3. The average molecular weight is 305 g/mol. The van der Waals surface area contributed by atoms with E-state index in [9.17, 15) is 9.90 Å². The zero-order valence-corrected chi connectivity index (χ0v) is 13.3. The lowest BCUT2D eigenvalue weighted by Crippen LogP contribution is -2.38. The lowest BCUT2D eigenvalue weighted by Gasteiger charge is -2.26. The molecule has 1 aliphatic rings. The molecule has 1 saturated carbocycles. The number of unbranched alkanes of at least 4 members (excludes halogenated alkanes) is 1. The van der Waals surface area contributed by atoms with Gasteiger partial charge in [-0.15, -0.1) is 0 Å². The molecule has 1 aliphatic carbocycles. The molecular weight excluding hydrogens is 278 g/mol. The van der Waals surface area contributed by atoms with Gasteiger partial charge in [0.2, 0.25) is 5.91 Å². The molecule has 122 valence electrons. The number of nitrogens with one attached hydrogen (secondary N) is 2. The van der Waals surface area contributed by atoms with Gasteiger partial charge in [-0.2, -0.15) is 0 Å². The van der Waals surface area contributed by atoms with Gasteiger partial charge in [0.15, 0.2) is 0 Å². The molecule has 3 N–H and O–H groups in total. The number of aliphatic hydroxyl groups is 1. The summed E-state index contributed by atoms with van der Waals surface area (Å²) in [6, 6.07) is 4.26. The van der Waals surface area contributed by atoms with Crippen molar-refractivity contribution < 1.29 is 9.90 Å². The van der Waals surface area contributed by atoms with Crippen LogP contribution in [0.25, 0.3) is 0 Å². The average Bonchev–Trinajstić information content (AvgIpc) is 2.51. The van der Waals surface area contributed by atoms with Gasteiger partial charge in [-0.3, -0.25) is 4.79 Å². The van der Waals surface area contributed by atoms with Crippen molar-refractivity contribution in [3.63, 3.8) is 0 Å². The minimum atomic E-state index is -0.172. The number of pyridine rings is 1. The summed E-state index contributed by atoms with van der Waals surface area (Å²) in [5.74, 6) is 1.02. The van der Waals surface area contributed by atoms with Gasteiger partial charge in [0.1, 0.15) is 5.82 Å². The molecule has 1 aromatic heterocycles. The Morgan fingerprint density at radius 1 is 1.27 bits per heavy atom. The number of rotatable bonds is 7. The SMILES string of the molecule is Cc1ccc(NCCCCC(=O)NC2CCC(O)CC2)nc1. The maximum absolute atomic E-state index is 11.9. The number of aromatic nitrogens is 1. The van der Waals surface area contributed by atoms with Crippen LogP contribution < -0.4 is 10.6 Å². The second-order valence-corrected chi connectivity index (χ2v) is 6.18. The first-order chi connectivity index (χ1) is 10.6. The Labute approximate surface area is 132 Å². The molecule has 2 rings (SSSR count). The molecule has 0 saturated heterocycles. The molecule has 0 spiro atoms. The number of aryl methyl sites for hydroxylation is 1. The Kier molecular flexibility index (Phi) is 6.65. The van der Waals surface area contributed by atoms with E-state index in [0.717, 1.165) is 56.5 Å². The van der Waals surface area contributed by atoms with Crippen molar-refractivity contribution in [3.05, 3.63) is 23.9 Å². The summed E-state index contributed by atoms with van der Waals surface area (Å²) in [4.78, 5) is 16.1. The van der Waals surface area contributed by atoms with Crippen LogP contribution in [0, 0.1) is 6.92 Å². The number of carbonyl (C=O) groups is 1. The van der Waals surface area contributed by atoms with E-state index in [2.05, 4.69) is 15.6 Å². The monoisotopic (exact) mass is 305 g/mol. The summed E-state index contributed by atoms with van der Waals surface area (Å²) >= 11 is 0. The molecule has 1 amide bonds. The number of anilines is 1. The van der Waals surface area contributed by atoms with Crippen LogP contribution in [-0.2, 0) is 4.79 Å². The molecule has 1 aromatic rings. The number of aliphatic hydroxyl groups excluding tert-OH is 1. The van der Waals surface area contributed by atoms with Gasteiger partial charge in [0.25, 0.3) is 0 Å². The Hall–Kier alpha value is -1.62. The van der Waals surface area contributed by atoms with Crippen molar-refractivity contribution in [2.45, 2.75) is 64.0 Å². The topological polar surface area (TPSA) is 74.2 Å². The molecule has 0 aromatic carbocycles. The van der Waals surface area contributed by atoms with Crippen molar-refractivity contribution in [1.29, 1.82) is 0 Å². The van der Waals surface area contributed by atoms with Crippen molar-refractivity contribution in [3.8, 4) is 0 Å². The normalized spacial score (nSPS) is 21.4. The molecule has 22 heavy (non-hydrogen) atoms. The maximum atomic E-state index is 11.9.